The lowest BCUT2D eigenvalue weighted by atomic mass is 10.1. The van der Waals surface area contributed by atoms with Gasteiger partial charge in [-0.2, -0.15) is 0 Å². The van der Waals surface area contributed by atoms with Gasteiger partial charge in [0.25, 0.3) is 0 Å². The first kappa shape index (κ1) is 11.4. The molecule has 0 spiro atoms. The van der Waals surface area contributed by atoms with Gasteiger partial charge in [-0.1, -0.05) is 17.7 Å². The molecule has 17 heavy (non-hydrogen) atoms. The zero-order valence-corrected chi connectivity index (χ0v) is 11.0. The van der Waals surface area contributed by atoms with E-state index in [2.05, 4.69) is 23.1 Å². The molecule has 2 N–H and O–H groups in total. The van der Waals surface area contributed by atoms with Crippen molar-refractivity contribution in [2.75, 3.05) is 11.4 Å². The smallest absolute Gasteiger partial charge is 0.0474 e. The number of benzene rings is 1. The largest absolute Gasteiger partial charge is 0.368 e. The summed E-state index contributed by atoms with van der Waals surface area (Å²) >= 11 is 6.30. The van der Waals surface area contributed by atoms with Crippen LogP contribution >= 0.6 is 11.6 Å². The SMILES string of the molecule is CC(N)c1ccc(N2CC3CCC2C3)cc1Cl. The highest BCUT2D eigenvalue weighted by atomic mass is 35.5. The molecule has 3 rings (SSSR count). The predicted molar refractivity (Wildman–Crippen MR) is 72.5 cm³/mol. The van der Waals surface area contributed by atoms with Gasteiger partial charge in [-0.15, -0.1) is 0 Å². The quantitative estimate of drug-likeness (QED) is 0.872. The highest BCUT2D eigenvalue weighted by molar-refractivity contribution is 6.31. The van der Waals surface area contributed by atoms with Gasteiger partial charge in [0, 0.05) is 29.3 Å². The Labute approximate surface area is 108 Å². The van der Waals surface area contributed by atoms with Crippen molar-refractivity contribution < 1.29 is 0 Å². The fraction of sp³-hybridized carbons (Fsp3) is 0.571. The van der Waals surface area contributed by atoms with Gasteiger partial charge in [-0.3, -0.25) is 0 Å². The molecule has 0 radical (unpaired) electrons. The molecule has 1 aliphatic carbocycles. The minimum Gasteiger partial charge on any atom is -0.368 e. The molecule has 2 aliphatic rings. The average Bonchev–Trinajstić information content (AvgIpc) is 2.89. The third-order valence-electron chi connectivity index (χ3n) is 4.22. The first-order valence-corrected chi connectivity index (χ1v) is 6.84. The highest BCUT2D eigenvalue weighted by Gasteiger charge is 2.37. The van der Waals surface area contributed by atoms with Crippen LogP contribution in [0.1, 0.15) is 37.8 Å². The van der Waals surface area contributed by atoms with Crippen molar-refractivity contribution in [1.82, 2.24) is 0 Å². The second-order valence-corrected chi connectivity index (χ2v) is 5.89. The Kier molecular flexibility index (Phi) is 2.80. The fourth-order valence-corrected chi connectivity index (χ4v) is 3.65. The first-order chi connectivity index (χ1) is 8.15. The van der Waals surface area contributed by atoms with Crippen LogP contribution in [-0.4, -0.2) is 12.6 Å². The molecular weight excluding hydrogens is 232 g/mol. The van der Waals surface area contributed by atoms with Crippen molar-refractivity contribution in [3.63, 3.8) is 0 Å². The molecular formula is C14H19ClN2. The second-order valence-electron chi connectivity index (χ2n) is 5.48. The lowest BCUT2D eigenvalue weighted by Gasteiger charge is -2.29. The van der Waals surface area contributed by atoms with Crippen LogP contribution < -0.4 is 10.6 Å². The van der Waals surface area contributed by atoms with E-state index in [0.717, 1.165) is 22.5 Å². The van der Waals surface area contributed by atoms with Gasteiger partial charge in [-0.25, -0.2) is 0 Å². The first-order valence-electron chi connectivity index (χ1n) is 6.47. The summed E-state index contributed by atoms with van der Waals surface area (Å²) in [4.78, 5) is 2.52. The third kappa shape index (κ3) is 1.94. The predicted octanol–water partition coefficient (Wildman–Crippen LogP) is 3.35. The summed E-state index contributed by atoms with van der Waals surface area (Å²) in [5, 5.41) is 0.806. The van der Waals surface area contributed by atoms with Crippen molar-refractivity contribution in [2.24, 2.45) is 11.7 Å². The Hall–Kier alpha value is -0.730. The number of hydrogen-bond acceptors (Lipinski definition) is 2. The van der Waals surface area contributed by atoms with Crippen LogP contribution in [0.15, 0.2) is 18.2 Å². The summed E-state index contributed by atoms with van der Waals surface area (Å²) in [5.41, 5.74) is 8.19. The molecule has 1 heterocycles. The summed E-state index contributed by atoms with van der Waals surface area (Å²) in [6.07, 6.45) is 4.12. The van der Waals surface area contributed by atoms with E-state index in [0.29, 0.717) is 0 Å². The summed E-state index contributed by atoms with van der Waals surface area (Å²) < 4.78 is 0. The molecule has 2 bridgehead atoms. The molecule has 1 aromatic rings. The number of anilines is 1. The van der Waals surface area contributed by atoms with Crippen LogP contribution in [0, 0.1) is 5.92 Å². The van der Waals surface area contributed by atoms with Gasteiger partial charge in [0.1, 0.15) is 0 Å². The summed E-state index contributed by atoms with van der Waals surface area (Å²) in [6, 6.07) is 7.09. The van der Waals surface area contributed by atoms with E-state index in [1.165, 1.54) is 31.5 Å². The Balaban J connectivity index is 1.87. The molecule has 92 valence electrons. The number of fused-ring (bicyclic) bond motifs is 2. The monoisotopic (exact) mass is 250 g/mol. The third-order valence-corrected chi connectivity index (χ3v) is 4.54. The minimum atomic E-state index is 0.00609. The van der Waals surface area contributed by atoms with E-state index in [9.17, 15) is 0 Å². The molecule has 1 saturated carbocycles. The molecule has 1 aliphatic heterocycles. The van der Waals surface area contributed by atoms with Crippen molar-refractivity contribution in [3.05, 3.63) is 28.8 Å². The molecule has 2 nitrogen and oxygen atoms in total. The van der Waals surface area contributed by atoms with Crippen LogP contribution in [0.2, 0.25) is 5.02 Å². The van der Waals surface area contributed by atoms with Crippen LogP contribution in [0.5, 0.6) is 0 Å². The Bertz CT molecular complexity index is 430. The summed E-state index contributed by atoms with van der Waals surface area (Å²) in [7, 11) is 0. The van der Waals surface area contributed by atoms with E-state index in [-0.39, 0.29) is 6.04 Å². The van der Waals surface area contributed by atoms with E-state index in [1.54, 1.807) is 0 Å². The number of nitrogens with two attached hydrogens (primary N) is 1. The fourth-order valence-electron chi connectivity index (χ4n) is 3.30. The van der Waals surface area contributed by atoms with Crippen molar-refractivity contribution in [1.29, 1.82) is 0 Å². The summed E-state index contributed by atoms with van der Waals surface area (Å²) in [5.74, 6) is 0.909. The lowest BCUT2D eigenvalue weighted by Crippen LogP contribution is -2.31. The molecule has 2 fully saturated rings. The highest BCUT2D eigenvalue weighted by Crippen LogP contribution is 2.41. The second kappa shape index (κ2) is 4.18. The maximum atomic E-state index is 6.30. The summed E-state index contributed by atoms with van der Waals surface area (Å²) in [6.45, 7) is 3.18. The van der Waals surface area contributed by atoms with Gasteiger partial charge in [0.05, 0.1) is 0 Å². The number of piperidine rings is 1. The number of halogens is 1. The molecule has 3 unspecified atom stereocenters. The van der Waals surface area contributed by atoms with Gasteiger partial charge in [-0.05, 0) is 49.8 Å². The van der Waals surface area contributed by atoms with E-state index < -0.39 is 0 Å². The maximum absolute atomic E-state index is 6.30. The van der Waals surface area contributed by atoms with Gasteiger partial charge >= 0.3 is 0 Å². The van der Waals surface area contributed by atoms with Gasteiger partial charge in [0.15, 0.2) is 0 Å². The number of rotatable bonds is 2. The van der Waals surface area contributed by atoms with Crippen LogP contribution in [0.4, 0.5) is 5.69 Å². The van der Waals surface area contributed by atoms with Gasteiger partial charge < -0.3 is 10.6 Å². The minimum absolute atomic E-state index is 0.00609. The normalized spacial score (nSPS) is 28.8. The number of nitrogens with zero attached hydrogens (tertiary/aromatic N) is 1. The number of hydrogen-bond donors (Lipinski definition) is 1. The van der Waals surface area contributed by atoms with Crippen molar-refractivity contribution >= 4 is 17.3 Å². The maximum Gasteiger partial charge on any atom is 0.0474 e. The van der Waals surface area contributed by atoms with E-state index in [1.807, 2.05) is 6.92 Å². The van der Waals surface area contributed by atoms with E-state index in [4.69, 9.17) is 17.3 Å². The van der Waals surface area contributed by atoms with Crippen LogP contribution in [-0.2, 0) is 0 Å². The zero-order chi connectivity index (χ0) is 12.0. The lowest BCUT2D eigenvalue weighted by molar-refractivity contribution is 0.553. The van der Waals surface area contributed by atoms with E-state index >= 15 is 0 Å². The van der Waals surface area contributed by atoms with Crippen molar-refractivity contribution in [2.45, 2.75) is 38.3 Å². The Morgan fingerprint density at radius 3 is 2.76 bits per heavy atom. The van der Waals surface area contributed by atoms with Gasteiger partial charge in [0.2, 0.25) is 0 Å². The Morgan fingerprint density at radius 1 is 1.41 bits per heavy atom. The Morgan fingerprint density at radius 2 is 2.24 bits per heavy atom. The van der Waals surface area contributed by atoms with Crippen molar-refractivity contribution in [3.8, 4) is 0 Å². The molecule has 3 atom stereocenters. The molecule has 1 aromatic carbocycles. The molecule has 3 heteroatoms. The standard InChI is InChI=1S/C14H19ClN2/c1-9(16)13-5-4-12(7-14(13)15)17-8-10-2-3-11(17)6-10/h4-5,7,9-11H,2-3,6,8,16H2,1H3. The average molecular weight is 251 g/mol. The zero-order valence-electron chi connectivity index (χ0n) is 10.2. The molecule has 0 amide bonds. The van der Waals surface area contributed by atoms with Crippen LogP contribution in [0.3, 0.4) is 0 Å². The van der Waals surface area contributed by atoms with Crippen LogP contribution in [0.25, 0.3) is 0 Å². The molecule has 0 aromatic heterocycles. The molecule has 1 saturated heterocycles. The topological polar surface area (TPSA) is 29.3 Å².